The molecule has 3 nitrogen and oxygen atoms in total. The highest BCUT2D eigenvalue weighted by molar-refractivity contribution is 5.53. The molecule has 6 aromatic carbocycles. The van der Waals surface area contributed by atoms with Crippen LogP contribution in [0.2, 0.25) is 0 Å². The van der Waals surface area contributed by atoms with Gasteiger partial charge in [0.05, 0.1) is 12.2 Å². The Morgan fingerprint density at radius 2 is 0.729 bits per heavy atom. The normalized spacial score (nSPS) is 16.5. The Morgan fingerprint density at radius 1 is 0.479 bits per heavy atom. The minimum absolute atomic E-state index is 0.0370. The number of aliphatic hydroxyl groups excluding tert-OH is 2. The Kier molecular flexibility index (Phi) is 10.4. The quantitative estimate of drug-likeness (QED) is 0.124. The van der Waals surface area contributed by atoms with Gasteiger partial charge in [-0.3, -0.25) is 0 Å². The van der Waals surface area contributed by atoms with Crippen LogP contribution in [0.25, 0.3) is 0 Å². The summed E-state index contributed by atoms with van der Waals surface area (Å²) >= 11 is 0. The van der Waals surface area contributed by atoms with E-state index in [1.54, 1.807) is 6.92 Å². The van der Waals surface area contributed by atoms with Crippen molar-refractivity contribution >= 4 is 0 Å². The first-order chi connectivity index (χ1) is 23.6. The predicted molar refractivity (Wildman–Crippen MR) is 194 cm³/mol. The standard InChI is InChI=1S/C38H30O.C7H12O2/c1-7-19-31(20-8-1)37(32-21-9-2-10-22-32,33-23-11-3-12-24-33)39-38(34-25-13-4-14-26-34,35-27-15-5-16-28-35)36-29-17-6-18-30-36;1-5(8)6-3-2-4-7(6)9/h1-30H;2-3,5-9H,4H2,1H3. The zero-order valence-corrected chi connectivity index (χ0v) is 27.2. The van der Waals surface area contributed by atoms with Crippen molar-refractivity contribution in [1.82, 2.24) is 0 Å². The van der Waals surface area contributed by atoms with Gasteiger partial charge in [0.2, 0.25) is 0 Å². The summed E-state index contributed by atoms with van der Waals surface area (Å²) in [5.41, 5.74) is 4.54. The molecule has 0 saturated heterocycles. The molecule has 0 aliphatic heterocycles. The molecule has 240 valence electrons. The van der Waals surface area contributed by atoms with Crippen LogP contribution in [0.15, 0.2) is 194 Å². The van der Waals surface area contributed by atoms with E-state index in [1.165, 1.54) is 0 Å². The average Bonchev–Trinajstić information content (AvgIpc) is 3.61. The first kappa shape index (κ1) is 32.9. The molecule has 0 heterocycles. The van der Waals surface area contributed by atoms with E-state index in [0.29, 0.717) is 6.42 Å². The lowest BCUT2D eigenvalue weighted by atomic mass is 9.75. The van der Waals surface area contributed by atoms with Crippen molar-refractivity contribution in [2.75, 3.05) is 0 Å². The molecule has 1 aliphatic carbocycles. The van der Waals surface area contributed by atoms with Crippen molar-refractivity contribution in [2.45, 2.75) is 36.8 Å². The lowest BCUT2D eigenvalue weighted by Crippen LogP contribution is -2.44. The third-order valence-electron chi connectivity index (χ3n) is 9.13. The Morgan fingerprint density at radius 3 is 0.896 bits per heavy atom. The zero-order valence-electron chi connectivity index (χ0n) is 27.2. The summed E-state index contributed by atoms with van der Waals surface area (Å²) < 4.78 is 7.94. The molecule has 0 spiro atoms. The molecule has 3 unspecified atom stereocenters. The van der Waals surface area contributed by atoms with Crippen molar-refractivity contribution in [3.05, 3.63) is 228 Å². The van der Waals surface area contributed by atoms with Crippen LogP contribution < -0.4 is 0 Å². The molecule has 2 N–H and O–H groups in total. The molecule has 0 fully saturated rings. The van der Waals surface area contributed by atoms with Crippen molar-refractivity contribution in [3.8, 4) is 0 Å². The zero-order chi connectivity index (χ0) is 33.2. The second-order valence-electron chi connectivity index (χ2n) is 12.2. The summed E-state index contributed by atoms with van der Waals surface area (Å²) in [7, 11) is 0. The van der Waals surface area contributed by atoms with Gasteiger partial charge < -0.3 is 14.9 Å². The Balaban J connectivity index is 0.000000388. The number of benzene rings is 6. The second-order valence-corrected chi connectivity index (χ2v) is 12.2. The lowest BCUT2D eigenvalue weighted by molar-refractivity contribution is -0.0810. The van der Waals surface area contributed by atoms with Crippen LogP contribution in [0.1, 0.15) is 46.7 Å². The maximum atomic E-state index is 9.14. The van der Waals surface area contributed by atoms with Crippen molar-refractivity contribution < 1.29 is 14.9 Å². The number of ether oxygens (including phenoxy) is 1. The van der Waals surface area contributed by atoms with Crippen LogP contribution in [0.3, 0.4) is 0 Å². The van der Waals surface area contributed by atoms with Crippen LogP contribution in [0, 0.1) is 5.92 Å². The first-order valence-corrected chi connectivity index (χ1v) is 16.6. The molecule has 0 saturated carbocycles. The summed E-state index contributed by atoms with van der Waals surface area (Å²) in [5.74, 6) is -0.0370. The molecule has 0 amide bonds. The molecule has 6 aromatic rings. The summed E-state index contributed by atoms with van der Waals surface area (Å²) in [6, 6.07) is 63.5. The summed E-state index contributed by atoms with van der Waals surface area (Å²) in [6.45, 7) is 1.70. The molecule has 3 atom stereocenters. The second kappa shape index (κ2) is 15.2. The lowest BCUT2D eigenvalue weighted by Gasteiger charge is -2.46. The Labute approximate surface area is 284 Å². The van der Waals surface area contributed by atoms with Crippen LogP contribution in [0.4, 0.5) is 0 Å². The third-order valence-corrected chi connectivity index (χ3v) is 9.13. The third kappa shape index (κ3) is 6.67. The SMILES string of the molecule is CC(O)C1C=CCC1O.c1ccc(C(OC(c2ccccc2)(c2ccccc2)c2ccccc2)(c2ccccc2)c2ccccc2)cc1. The maximum absolute atomic E-state index is 9.14. The molecule has 3 heteroatoms. The van der Waals surface area contributed by atoms with Crippen LogP contribution in [0.5, 0.6) is 0 Å². The monoisotopic (exact) mass is 630 g/mol. The summed E-state index contributed by atoms with van der Waals surface area (Å²) in [5, 5.41) is 18.1. The van der Waals surface area contributed by atoms with E-state index in [4.69, 9.17) is 14.9 Å². The molecule has 0 bridgehead atoms. The van der Waals surface area contributed by atoms with Gasteiger partial charge in [-0.05, 0) is 46.7 Å². The Hall–Kier alpha value is -5.06. The average molecular weight is 631 g/mol. The van der Waals surface area contributed by atoms with Gasteiger partial charge in [0.25, 0.3) is 0 Å². The number of hydrogen-bond donors (Lipinski definition) is 2. The minimum Gasteiger partial charge on any atom is -0.393 e. The van der Waals surface area contributed by atoms with Gasteiger partial charge in [0.15, 0.2) is 0 Å². The van der Waals surface area contributed by atoms with E-state index in [2.05, 4.69) is 182 Å². The molecular formula is C45H42O3. The van der Waals surface area contributed by atoms with Crippen LogP contribution in [-0.2, 0) is 15.9 Å². The first-order valence-electron chi connectivity index (χ1n) is 16.6. The topological polar surface area (TPSA) is 49.7 Å². The fourth-order valence-electron chi connectivity index (χ4n) is 6.76. The largest absolute Gasteiger partial charge is 0.393 e. The number of aliphatic hydroxyl groups is 2. The van der Waals surface area contributed by atoms with Gasteiger partial charge in [-0.2, -0.15) is 0 Å². The highest BCUT2D eigenvalue weighted by atomic mass is 16.5. The number of hydrogen-bond acceptors (Lipinski definition) is 3. The molecule has 1 aliphatic rings. The van der Waals surface area contributed by atoms with Crippen molar-refractivity contribution in [3.63, 3.8) is 0 Å². The summed E-state index contributed by atoms with van der Waals surface area (Å²) in [6.07, 6.45) is 3.69. The highest BCUT2D eigenvalue weighted by Gasteiger charge is 2.48. The van der Waals surface area contributed by atoms with Crippen molar-refractivity contribution in [1.29, 1.82) is 0 Å². The van der Waals surface area contributed by atoms with Crippen LogP contribution >= 0.6 is 0 Å². The molecular weight excluding hydrogens is 588 g/mol. The van der Waals surface area contributed by atoms with Crippen molar-refractivity contribution in [2.24, 2.45) is 5.92 Å². The smallest absolute Gasteiger partial charge is 0.145 e. The van der Waals surface area contributed by atoms with Crippen LogP contribution in [-0.4, -0.2) is 22.4 Å². The van der Waals surface area contributed by atoms with Gasteiger partial charge in [-0.25, -0.2) is 0 Å². The molecule has 0 radical (unpaired) electrons. The van der Waals surface area contributed by atoms with Gasteiger partial charge in [0.1, 0.15) is 11.2 Å². The maximum Gasteiger partial charge on any atom is 0.145 e. The van der Waals surface area contributed by atoms with Gasteiger partial charge in [0, 0.05) is 5.92 Å². The van der Waals surface area contributed by atoms with E-state index in [0.717, 1.165) is 33.4 Å². The van der Waals surface area contributed by atoms with E-state index in [9.17, 15) is 0 Å². The highest BCUT2D eigenvalue weighted by Crippen LogP contribution is 2.51. The Bertz CT molecular complexity index is 1520. The number of rotatable bonds is 9. The molecule has 0 aromatic heterocycles. The van der Waals surface area contributed by atoms with Gasteiger partial charge >= 0.3 is 0 Å². The molecule has 48 heavy (non-hydrogen) atoms. The predicted octanol–water partition coefficient (Wildman–Crippen LogP) is 9.29. The summed E-state index contributed by atoms with van der Waals surface area (Å²) in [4.78, 5) is 0. The van der Waals surface area contributed by atoms with Gasteiger partial charge in [-0.1, -0.05) is 194 Å². The minimum atomic E-state index is -0.925. The van der Waals surface area contributed by atoms with E-state index >= 15 is 0 Å². The fraction of sp³-hybridized carbons (Fsp3) is 0.156. The van der Waals surface area contributed by atoms with E-state index in [1.807, 2.05) is 12.2 Å². The van der Waals surface area contributed by atoms with Gasteiger partial charge in [-0.15, -0.1) is 0 Å². The molecule has 7 rings (SSSR count). The fourth-order valence-corrected chi connectivity index (χ4v) is 6.76. The van der Waals surface area contributed by atoms with E-state index in [-0.39, 0.29) is 12.0 Å². The van der Waals surface area contributed by atoms with E-state index < -0.39 is 17.3 Å².